The van der Waals surface area contributed by atoms with E-state index in [2.05, 4.69) is 65.1 Å². The molecule has 0 saturated carbocycles. The van der Waals surface area contributed by atoms with Crippen LogP contribution in [0, 0.1) is 0 Å². The second-order valence-corrected chi connectivity index (χ2v) is 29.8. The van der Waals surface area contributed by atoms with Crippen molar-refractivity contribution >= 4 is 77.8 Å². The molecule has 0 spiro atoms. The first-order valence-electron chi connectivity index (χ1n) is 28.8. The van der Waals surface area contributed by atoms with Gasteiger partial charge in [-0.25, -0.2) is 46.4 Å². The van der Waals surface area contributed by atoms with E-state index >= 15 is 0 Å². The number of phosphoric ester groups is 1. The minimum absolute atomic E-state index is 0.0429. The number of ether oxygens (including phenoxy) is 2. The van der Waals surface area contributed by atoms with Crippen LogP contribution in [-0.2, 0) is 82.2 Å². The van der Waals surface area contributed by atoms with E-state index in [-0.39, 0.29) is 35.8 Å². The number of nitrogens with zero attached hydrogens (tertiary/aromatic N) is 6. The highest BCUT2D eigenvalue weighted by molar-refractivity contribution is 7.89. The van der Waals surface area contributed by atoms with Gasteiger partial charge < -0.3 is 49.7 Å². The van der Waals surface area contributed by atoms with Gasteiger partial charge in [-0.3, -0.25) is 18.4 Å². The van der Waals surface area contributed by atoms with Crippen molar-refractivity contribution in [1.29, 1.82) is 0 Å². The number of hydrogen-bond acceptors (Lipinski definition) is 19. The molecule has 11 rings (SSSR count). The molecule has 466 valence electrons. The van der Waals surface area contributed by atoms with Crippen LogP contribution in [0.2, 0.25) is 0 Å². The zero-order valence-electron chi connectivity index (χ0n) is 46.8. The van der Waals surface area contributed by atoms with Crippen LogP contribution < -0.4 is 40.1 Å². The van der Waals surface area contributed by atoms with Crippen LogP contribution in [0.5, 0.6) is 11.5 Å². The number of anilines is 2. The lowest BCUT2D eigenvalue weighted by molar-refractivity contribution is -0.121. The number of imidazole rings is 1. The molecule has 2 unspecified atom stereocenters. The molecule has 9 N–H and O–H groups in total. The SMILES string of the molecule is O=C(CCCCCNS(=O)(=O)c1ccc(C2=c3cc4c5c(c3Oc3c2cc2c6c3CCCN6CCC2)CCC[N+]=5CCC4)c(S(=O)(=O)O)c1)NCCCCCCNc1ncnc2c1ncn2[C@H]1C[C@H](O)[C@@H](COP(=O)(O)OP(=O)(O)OP(=O)(O)O)O1. The topological polar surface area (TPSA) is 390 Å². The lowest BCUT2D eigenvalue weighted by Crippen LogP contribution is -2.45. The van der Waals surface area contributed by atoms with E-state index in [4.69, 9.17) is 19.3 Å². The molecular weight excluding hydrogens is 1220 g/mol. The first-order valence-corrected chi connectivity index (χ1v) is 36.2. The molecule has 8 heterocycles. The Kier molecular flexibility index (Phi) is 18.5. The van der Waals surface area contributed by atoms with Crippen LogP contribution >= 0.6 is 23.5 Å². The molecule has 0 radical (unpaired) electrons. The molecule has 6 aliphatic rings. The Morgan fingerprint density at radius 2 is 1.50 bits per heavy atom. The maximum Gasteiger partial charge on any atom is 0.490 e. The third kappa shape index (κ3) is 13.9. The minimum Gasteiger partial charge on any atom is -0.455 e. The monoisotopic (exact) mass is 1290 g/mol. The summed E-state index contributed by atoms with van der Waals surface area (Å²) in [6.45, 7) is 4.04. The highest BCUT2D eigenvalue weighted by atomic mass is 32.2. The number of rotatable bonds is 26. The molecule has 6 aliphatic heterocycles. The number of carbonyl (C=O) groups is 1. The Bertz CT molecular complexity index is 3990. The molecule has 0 aliphatic carbocycles. The predicted octanol–water partition coefficient (Wildman–Crippen LogP) is 4.13. The van der Waals surface area contributed by atoms with Crippen molar-refractivity contribution in [3.8, 4) is 11.5 Å². The molecule has 0 bridgehead atoms. The summed E-state index contributed by atoms with van der Waals surface area (Å²) in [5, 5.41) is 18.7. The van der Waals surface area contributed by atoms with Gasteiger partial charge in [0.25, 0.3) is 10.1 Å². The molecule has 1 amide bonds. The average molecular weight is 1290 g/mol. The summed E-state index contributed by atoms with van der Waals surface area (Å²) in [5.74, 6) is 1.71. The Morgan fingerprint density at radius 1 is 0.779 bits per heavy atom. The average Bonchev–Trinajstić information content (AvgIpc) is 0.893. The number of benzene rings is 3. The van der Waals surface area contributed by atoms with Crippen LogP contribution in [0.25, 0.3) is 16.7 Å². The van der Waals surface area contributed by atoms with Crippen LogP contribution in [-0.4, -0.2) is 136 Å². The van der Waals surface area contributed by atoms with Gasteiger partial charge in [0.15, 0.2) is 17.0 Å². The number of amides is 1. The zero-order valence-corrected chi connectivity index (χ0v) is 51.1. The standard InChI is InChI=1S/C53H68N9O19P3S2/c63-41-29-45(78-42(41)30-77-83(68,69)81-84(70,71)80-82(65,66)67)62-32-58-47-52(56-31-57-53(47)62)55-20-6-2-1-5-19-54-44(64)16-4-3-7-21-59-85(72,73)35-17-18-36(43(28-35)86(74,75)76)46-39-26-33-12-8-22-60-24-10-14-37(48(33)60)50(39)79-51-38-15-11-25-61-23-9-13-34(49(38)61)27-40(46)51/h17-18,26-28,31-32,41-42,45,59,63H,1-16,19-25,29-30H2,(H6-,54,55,56,57,64,65,66,67,68,69,70,71,74,75,76)/p+1/t41-,42+,45+/m0/s1. The number of aliphatic hydroxyl groups excluding tert-OH is 1. The number of aryl methyl sites for hydroxylation is 2. The van der Waals surface area contributed by atoms with Crippen molar-refractivity contribution in [2.45, 2.75) is 137 Å². The predicted molar refractivity (Wildman–Crippen MR) is 310 cm³/mol. The molecule has 1 fully saturated rings. The summed E-state index contributed by atoms with van der Waals surface area (Å²) < 4.78 is 132. The Morgan fingerprint density at radius 3 is 2.28 bits per heavy atom. The fourth-order valence-electron chi connectivity index (χ4n) is 12.6. The number of aliphatic hydroxyl groups is 1. The number of sulfonamides is 1. The van der Waals surface area contributed by atoms with E-state index in [0.29, 0.717) is 66.4 Å². The van der Waals surface area contributed by atoms with Gasteiger partial charge >= 0.3 is 23.5 Å². The van der Waals surface area contributed by atoms with Gasteiger partial charge in [0, 0.05) is 97.1 Å². The zero-order chi connectivity index (χ0) is 60.8. The number of carbonyl (C=O) groups excluding carboxylic acids is 1. The van der Waals surface area contributed by atoms with Crippen LogP contribution in [0.1, 0.15) is 123 Å². The van der Waals surface area contributed by atoms with Crippen LogP contribution in [0.3, 0.4) is 0 Å². The molecule has 1 saturated heterocycles. The smallest absolute Gasteiger partial charge is 0.455 e. The largest absolute Gasteiger partial charge is 0.490 e. The summed E-state index contributed by atoms with van der Waals surface area (Å²) in [7, 11) is -26.0. The highest BCUT2D eigenvalue weighted by Gasteiger charge is 2.44. The molecule has 2 aromatic heterocycles. The second kappa shape index (κ2) is 25.4. The van der Waals surface area contributed by atoms with Gasteiger partial charge in [-0.1, -0.05) is 25.3 Å². The first kappa shape index (κ1) is 62.5. The van der Waals surface area contributed by atoms with Gasteiger partial charge in [0.1, 0.15) is 48.1 Å². The third-order valence-electron chi connectivity index (χ3n) is 16.3. The number of fused-ring (bicyclic) bond motifs is 5. The summed E-state index contributed by atoms with van der Waals surface area (Å²) in [6.07, 6.45) is 11.3. The van der Waals surface area contributed by atoms with Crippen molar-refractivity contribution in [3.05, 3.63) is 86.9 Å². The van der Waals surface area contributed by atoms with Gasteiger partial charge in [0.05, 0.1) is 29.5 Å². The van der Waals surface area contributed by atoms with E-state index in [0.717, 1.165) is 131 Å². The van der Waals surface area contributed by atoms with Crippen LogP contribution in [0.15, 0.2) is 52.8 Å². The van der Waals surface area contributed by atoms with Crippen LogP contribution in [0.4, 0.5) is 11.5 Å². The summed E-state index contributed by atoms with van der Waals surface area (Å²) in [4.78, 5) is 63.9. The van der Waals surface area contributed by atoms with Crippen molar-refractivity contribution < 1.29 is 87.2 Å². The normalized spacial score (nSPS) is 20.5. The summed E-state index contributed by atoms with van der Waals surface area (Å²) >= 11 is 0. The van der Waals surface area contributed by atoms with E-state index in [1.807, 2.05) is 0 Å². The Labute approximate surface area is 495 Å². The van der Waals surface area contributed by atoms with E-state index < -0.39 is 73.5 Å². The molecule has 5 atom stereocenters. The lowest BCUT2D eigenvalue weighted by atomic mass is 9.82. The fraction of sp³-hybridized carbons (Fsp3) is 0.528. The highest BCUT2D eigenvalue weighted by Crippen LogP contribution is 2.66. The summed E-state index contributed by atoms with van der Waals surface area (Å²) in [5.41, 5.74) is 8.03. The van der Waals surface area contributed by atoms with Gasteiger partial charge in [-0.15, -0.1) is 0 Å². The number of aromatic nitrogens is 4. The van der Waals surface area contributed by atoms with Crippen molar-refractivity contribution in [2.75, 3.05) is 62.6 Å². The second-order valence-electron chi connectivity index (χ2n) is 22.2. The third-order valence-corrected chi connectivity index (χ3v) is 22.4. The fourth-order valence-corrected chi connectivity index (χ4v) is 17.5. The molecular formula is C53H69N9O19P3S2+. The Hall–Kier alpha value is -5.10. The molecule has 86 heavy (non-hydrogen) atoms. The van der Waals surface area contributed by atoms with E-state index in [1.165, 1.54) is 51.5 Å². The van der Waals surface area contributed by atoms with Gasteiger partial charge in [-0.2, -0.15) is 17.0 Å². The lowest BCUT2D eigenvalue weighted by Gasteiger charge is -2.39. The van der Waals surface area contributed by atoms with E-state index in [9.17, 15) is 54.8 Å². The molecule has 3 aromatic carbocycles. The summed E-state index contributed by atoms with van der Waals surface area (Å²) in [6, 6.07) is 8.19. The maximum absolute atomic E-state index is 13.8. The van der Waals surface area contributed by atoms with Gasteiger partial charge in [0.2, 0.25) is 21.3 Å². The minimum atomic E-state index is -5.73. The quantitative estimate of drug-likeness (QED) is 0.0159. The van der Waals surface area contributed by atoms with Gasteiger partial charge in [-0.05, 0) is 94.0 Å². The molecule has 5 aromatic rings. The maximum atomic E-state index is 13.8. The molecule has 33 heteroatoms. The van der Waals surface area contributed by atoms with Crippen molar-refractivity contribution in [3.63, 3.8) is 0 Å². The van der Waals surface area contributed by atoms with Crippen molar-refractivity contribution in [2.24, 2.45) is 0 Å². The first-order chi connectivity index (χ1) is 40.9. The number of hydrogen-bond donors (Lipinski definition) is 9. The molecule has 28 nitrogen and oxygen atoms in total. The number of unbranched alkanes of at least 4 members (excludes halogenated alkanes) is 5. The Balaban J connectivity index is 0.632. The number of phosphoric acid groups is 3. The number of nitrogens with one attached hydrogen (secondary N) is 3. The van der Waals surface area contributed by atoms with E-state index in [1.54, 1.807) is 0 Å². The van der Waals surface area contributed by atoms with Crippen molar-refractivity contribution in [1.82, 2.24) is 34.1 Å².